The topological polar surface area (TPSA) is 60.0 Å². The number of rotatable bonds is 8. The normalized spacial score (nSPS) is 16.4. The summed E-state index contributed by atoms with van der Waals surface area (Å²) in [6.45, 7) is 6.04. The van der Waals surface area contributed by atoms with Crippen LogP contribution in [0.15, 0.2) is 48.5 Å². The summed E-state index contributed by atoms with van der Waals surface area (Å²) in [7, 11) is 1.66. The van der Waals surface area contributed by atoms with E-state index in [1.165, 1.54) is 16.5 Å². The van der Waals surface area contributed by atoms with Gasteiger partial charge < -0.3 is 19.5 Å². The van der Waals surface area contributed by atoms with Gasteiger partial charge in [0.15, 0.2) is 11.5 Å². The quantitative estimate of drug-likeness (QED) is 0.547. The standard InChI is InChI=1S/C28H32N2O4/c1-3-34-25-12-10-21(17-26(25)32-2)24(30-13-15-33-16-14-30)18-29-28(31)23-11-9-20-8-7-19-5-4-6-22(23)27(19)20/h4-6,9-12,17,24H,3,7-8,13-16,18H2,1-2H3,(H,29,31)/t24-/m0/s1. The zero-order valence-corrected chi connectivity index (χ0v) is 19.9. The van der Waals surface area contributed by atoms with Gasteiger partial charge in [-0.3, -0.25) is 9.69 Å². The summed E-state index contributed by atoms with van der Waals surface area (Å²) < 4.78 is 16.9. The first-order chi connectivity index (χ1) is 16.7. The van der Waals surface area contributed by atoms with Crippen LogP contribution in [0.25, 0.3) is 10.8 Å². The van der Waals surface area contributed by atoms with Crippen molar-refractivity contribution in [2.24, 2.45) is 0 Å². The summed E-state index contributed by atoms with van der Waals surface area (Å²) in [4.78, 5) is 15.8. The molecule has 6 nitrogen and oxygen atoms in total. The van der Waals surface area contributed by atoms with Crippen LogP contribution >= 0.6 is 0 Å². The molecule has 3 aromatic carbocycles. The van der Waals surface area contributed by atoms with Crippen molar-refractivity contribution in [1.29, 1.82) is 0 Å². The molecule has 0 spiro atoms. The van der Waals surface area contributed by atoms with Crippen LogP contribution in [0, 0.1) is 0 Å². The maximum absolute atomic E-state index is 13.4. The molecule has 1 aliphatic carbocycles. The lowest BCUT2D eigenvalue weighted by molar-refractivity contribution is 0.0162. The van der Waals surface area contributed by atoms with Crippen LogP contribution in [0.5, 0.6) is 11.5 Å². The zero-order valence-electron chi connectivity index (χ0n) is 19.9. The van der Waals surface area contributed by atoms with Crippen molar-refractivity contribution in [1.82, 2.24) is 10.2 Å². The van der Waals surface area contributed by atoms with Gasteiger partial charge in [0.05, 0.1) is 33.0 Å². The first-order valence-electron chi connectivity index (χ1n) is 12.1. The predicted molar refractivity (Wildman–Crippen MR) is 133 cm³/mol. The molecule has 178 valence electrons. The number of hydrogen-bond acceptors (Lipinski definition) is 5. The average Bonchev–Trinajstić information content (AvgIpc) is 3.30. The Morgan fingerprint density at radius 2 is 1.85 bits per heavy atom. The second-order valence-electron chi connectivity index (χ2n) is 8.83. The zero-order chi connectivity index (χ0) is 23.5. The van der Waals surface area contributed by atoms with Gasteiger partial charge >= 0.3 is 0 Å². The van der Waals surface area contributed by atoms with Crippen molar-refractivity contribution in [2.45, 2.75) is 25.8 Å². The number of morpholine rings is 1. The lowest BCUT2D eigenvalue weighted by atomic mass is 9.99. The number of nitrogens with zero attached hydrogens (tertiary/aromatic N) is 1. The second-order valence-corrected chi connectivity index (χ2v) is 8.83. The van der Waals surface area contributed by atoms with Crippen molar-refractivity contribution < 1.29 is 19.0 Å². The molecule has 34 heavy (non-hydrogen) atoms. The minimum Gasteiger partial charge on any atom is -0.493 e. The highest BCUT2D eigenvalue weighted by molar-refractivity contribution is 6.09. The third-order valence-corrected chi connectivity index (χ3v) is 6.94. The smallest absolute Gasteiger partial charge is 0.251 e. The Morgan fingerprint density at radius 3 is 2.62 bits per heavy atom. The Morgan fingerprint density at radius 1 is 1.06 bits per heavy atom. The number of amides is 1. The highest BCUT2D eigenvalue weighted by atomic mass is 16.5. The van der Waals surface area contributed by atoms with Crippen LogP contribution in [0.4, 0.5) is 0 Å². The summed E-state index contributed by atoms with van der Waals surface area (Å²) in [5.74, 6) is 1.40. The van der Waals surface area contributed by atoms with Crippen molar-refractivity contribution in [3.63, 3.8) is 0 Å². The van der Waals surface area contributed by atoms with E-state index < -0.39 is 0 Å². The Balaban J connectivity index is 1.41. The number of nitrogens with one attached hydrogen (secondary N) is 1. The SMILES string of the molecule is CCOc1ccc([C@H](CNC(=O)c2ccc3c4c(cccc24)CC3)N2CCOCC2)cc1OC. The van der Waals surface area contributed by atoms with Gasteiger partial charge in [0.2, 0.25) is 0 Å². The van der Waals surface area contributed by atoms with Crippen molar-refractivity contribution >= 4 is 16.7 Å². The second kappa shape index (κ2) is 10.0. The minimum absolute atomic E-state index is 0.00853. The van der Waals surface area contributed by atoms with Gasteiger partial charge in [-0.05, 0) is 65.4 Å². The van der Waals surface area contributed by atoms with E-state index in [0.29, 0.717) is 32.1 Å². The van der Waals surface area contributed by atoms with Crippen LogP contribution in [0.1, 0.15) is 40.0 Å². The molecular weight excluding hydrogens is 428 g/mol. The highest BCUT2D eigenvalue weighted by Crippen LogP contribution is 2.34. The Hall–Kier alpha value is -3.09. The first-order valence-corrected chi connectivity index (χ1v) is 12.1. The van der Waals surface area contributed by atoms with E-state index in [0.717, 1.165) is 48.2 Å². The van der Waals surface area contributed by atoms with E-state index >= 15 is 0 Å². The van der Waals surface area contributed by atoms with Gasteiger partial charge in [-0.15, -0.1) is 0 Å². The molecule has 0 radical (unpaired) electrons. The van der Waals surface area contributed by atoms with E-state index in [-0.39, 0.29) is 11.9 Å². The van der Waals surface area contributed by atoms with Crippen LogP contribution in [0.3, 0.4) is 0 Å². The lowest BCUT2D eigenvalue weighted by Gasteiger charge is -2.35. The third-order valence-electron chi connectivity index (χ3n) is 6.94. The van der Waals surface area contributed by atoms with Crippen molar-refractivity contribution in [2.75, 3.05) is 46.6 Å². The van der Waals surface area contributed by atoms with Gasteiger partial charge in [0.25, 0.3) is 5.91 Å². The first kappa shape index (κ1) is 22.7. The Bertz CT molecular complexity index is 1180. The number of hydrogen-bond donors (Lipinski definition) is 1. The van der Waals surface area contributed by atoms with Crippen molar-refractivity contribution in [3.05, 3.63) is 70.8 Å². The fourth-order valence-electron chi connectivity index (χ4n) is 5.24. The molecule has 6 heteroatoms. The molecule has 0 bridgehead atoms. The predicted octanol–water partition coefficient (Wildman–Crippen LogP) is 4.15. The van der Waals surface area contributed by atoms with E-state index in [1.54, 1.807) is 7.11 Å². The summed E-state index contributed by atoms with van der Waals surface area (Å²) in [6, 6.07) is 16.5. The Labute approximate surface area is 200 Å². The number of benzene rings is 3. The molecule has 1 fully saturated rings. The molecule has 2 aliphatic rings. The number of aryl methyl sites for hydroxylation is 2. The van der Waals surface area contributed by atoms with Gasteiger partial charge in [-0.25, -0.2) is 0 Å². The Kier molecular flexibility index (Phi) is 6.70. The van der Waals surface area contributed by atoms with Gasteiger partial charge in [0.1, 0.15) is 0 Å². The number of carbonyl (C=O) groups excluding carboxylic acids is 1. The molecule has 1 heterocycles. The molecule has 5 rings (SSSR count). The fourth-order valence-corrected chi connectivity index (χ4v) is 5.24. The molecular formula is C28H32N2O4. The highest BCUT2D eigenvalue weighted by Gasteiger charge is 2.25. The van der Waals surface area contributed by atoms with Crippen LogP contribution in [-0.4, -0.2) is 57.4 Å². The molecule has 1 saturated heterocycles. The summed E-state index contributed by atoms with van der Waals surface area (Å²) in [5, 5.41) is 5.54. The van der Waals surface area contributed by atoms with Crippen LogP contribution in [-0.2, 0) is 17.6 Å². The molecule has 0 saturated carbocycles. The fraction of sp³-hybridized carbons (Fsp3) is 0.393. The minimum atomic E-state index is -0.0354. The molecule has 1 amide bonds. The maximum atomic E-state index is 13.4. The van der Waals surface area contributed by atoms with Gasteiger partial charge in [-0.2, -0.15) is 0 Å². The third kappa shape index (κ3) is 4.36. The number of methoxy groups -OCH3 is 1. The molecule has 1 atom stereocenters. The monoisotopic (exact) mass is 460 g/mol. The summed E-state index contributed by atoms with van der Waals surface area (Å²) >= 11 is 0. The van der Waals surface area contributed by atoms with Crippen LogP contribution < -0.4 is 14.8 Å². The largest absolute Gasteiger partial charge is 0.493 e. The van der Waals surface area contributed by atoms with Gasteiger partial charge in [0, 0.05) is 25.2 Å². The van der Waals surface area contributed by atoms with Crippen LogP contribution in [0.2, 0.25) is 0 Å². The average molecular weight is 461 g/mol. The summed E-state index contributed by atoms with van der Waals surface area (Å²) in [6.07, 6.45) is 2.10. The maximum Gasteiger partial charge on any atom is 0.251 e. The number of ether oxygens (including phenoxy) is 3. The van der Waals surface area contributed by atoms with E-state index in [9.17, 15) is 4.79 Å². The lowest BCUT2D eigenvalue weighted by Crippen LogP contribution is -2.43. The van der Waals surface area contributed by atoms with Gasteiger partial charge in [-0.1, -0.05) is 30.3 Å². The number of carbonyl (C=O) groups is 1. The molecule has 3 aromatic rings. The molecule has 0 unspecified atom stereocenters. The van der Waals surface area contributed by atoms with Crippen molar-refractivity contribution in [3.8, 4) is 11.5 Å². The molecule has 1 aliphatic heterocycles. The van der Waals surface area contributed by atoms with E-state index in [1.807, 2.05) is 25.1 Å². The van der Waals surface area contributed by atoms with E-state index in [4.69, 9.17) is 14.2 Å². The molecule has 1 N–H and O–H groups in total. The molecule has 0 aromatic heterocycles. The summed E-state index contributed by atoms with van der Waals surface area (Å²) in [5.41, 5.74) is 4.51. The van der Waals surface area contributed by atoms with E-state index in [2.05, 4.69) is 40.5 Å².